The van der Waals surface area contributed by atoms with Crippen LogP contribution in [0, 0.1) is 10.8 Å². The van der Waals surface area contributed by atoms with Crippen molar-refractivity contribution in [1.29, 1.82) is 0 Å². The average molecular weight is 610 g/mol. The maximum atomic E-state index is 14.6. The van der Waals surface area contributed by atoms with Gasteiger partial charge in [-0.3, -0.25) is 9.59 Å². The highest BCUT2D eigenvalue weighted by atomic mass is 28.4. The standard InChI is InChI=1S/C35H51NO6Si/c1-21(2)36(22(3)4)29(37)28-25(18-17-24-15-14-16-26(27(24)28)42-43(12,13)32(6,7)8)23(5)40-31(39)35-20-19-34(11,30(38)41-35)33(35,9)10/h14-18,21-23H,19-20H2,1-13H3/t23-,34-,35+/m0/s1. The molecule has 1 heterocycles. The Morgan fingerprint density at radius 2 is 1.56 bits per heavy atom. The molecule has 236 valence electrons. The third kappa shape index (κ3) is 4.97. The van der Waals surface area contributed by atoms with E-state index in [1.807, 2.05) is 83.7 Å². The van der Waals surface area contributed by atoms with Gasteiger partial charge in [-0.2, -0.15) is 0 Å². The molecule has 1 amide bonds. The van der Waals surface area contributed by atoms with Crippen molar-refractivity contribution in [3.05, 3.63) is 41.5 Å². The van der Waals surface area contributed by atoms with Gasteiger partial charge in [-0.25, -0.2) is 4.79 Å². The molecule has 2 aromatic carbocycles. The van der Waals surface area contributed by atoms with Crippen LogP contribution in [0.15, 0.2) is 30.3 Å². The predicted octanol–water partition coefficient (Wildman–Crippen LogP) is 8.21. The molecule has 7 nitrogen and oxygen atoms in total. The summed E-state index contributed by atoms with van der Waals surface area (Å²) < 4.78 is 18.9. The summed E-state index contributed by atoms with van der Waals surface area (Å²) in [6, 6.07) is 9.60. The van der Waals surface area contributed by atoms with Crippen LogP contribution in [0.5, 0.6) is 5.75 Å². The average Bonchev–Trinajstić information content (AvgIpc) is 3.17. The SMILES string of the molecule is CC(C)N(C(=O)c1c([C@H](C)OC(=O)[C@@]23CC[C@@](C)(C(=O)O2)C3(C)C)ccc2cccc(O[Si](C)(C)C(C)(C)C)c12)C(C)C. The van der Waals surface area contributed by atoms with E-state index in [4.69, 9.17) is 13.9 Å². The predicted molar refractivity (Wildman–Crippen MR) is 173 cm³/mol. The highest BCUT2D eigenvalue weighted by Gasteiger charge is 2.76. The number of nitrogens with zero attached hydrogens (tertiary/aromatic N) is 1. The van der Waals surface area contributed by atoms with Gasteiger partial charge in [0, 0.05) is 28.4 Å². The zero-order chi connectivity index (χ0) is 32.5. The largest absolute Gasteiger partial charge is 0.543 e. The number of amides is 1. The summed E-state index contributed by atoms with van der Waals surface area (Å²) in [4.78, 5) is 43.3. The Kier molecular flexibility index (Phi) is 8.17. The molecule has 0 aromatic heterocycles. The van der Waals surface area contributed by atoms with E-state index in [0.29, 0.717) is 29.7 Å². The highest BCUT2D eigenvalue weighted by Crippen LogP contribution is 2.66. The number of hydrogen-bond donors (Lipinski definition) is 0. The van der Waals surface area contributed by atoms with E-state index in [0.717, 1.165) is 10.8 Å². The molecule has 2 aromatic rings. The topological polar surface area (TPSA) is 82.1 Å². The second-order valence-corrected chi connectivity index (χ2v) is 20.1. The minimum Gasteiger partial charge on any atom is -0.543 e. The molecule has 0 spiro atoms. The zero-order valence-corrected chi connectivity index (χ0v) is 29.4. The van der Waals surface area contributed by atoms with Crippen molar-refractivity contribution >= 4 is 36.9 Å². The quantitative estimate of drug-likeness (QED) is 0.222. The minimum atomic E-state index is -2.28. The van der Waals surface area contributed by atoms with E-state index >= 15 is 0 Å². The Bertz CT molecular complexity index is 1450. The number of ether oxygens (including phenoxy) is 2. The monoisotopic (exact) mass is 609 g/mol. The number of esters is 2. The van der Waals surface area contributed by atoms with Gasteiger partial charge in [0.15, 0.2) is 0 Å². The van der Waals surface area contributed by atoms with Crippen molar-refractivity contribution < 1.29 is 28.3 Å². The number of rotatable bonds is 8. The van der Waals surface area contributed by atoms with Gasteiger partial charge in [0.1, 0.15) is 11.9 Å². The number of benzene rings is 2. The van der Waals surface area contributed by atoms with Gasteiger partial charge in [0.05, 0.1) is 11.0 Å². The fourth-order valence-electron chi connectivity index (χ4n) is 6.66. The molecule has 2 bridgehead atoms. The van der Waals surface area contributed by atoms with Crippen molar-refractivity contribution in [2.45, 2.75) is 131 Å². The molecular formula is C35H51NO6Si. The smallest absolute Gasteiger partial charge is 0.351 e. The third-order valence-corrected chi connectivity index (χ3v) is 15.2. The second kappa shape index (κ2) is 10.6. The molecule has 0 unspecified atom stereocenters. The van der Waals surface area contributed by atoms with Crippen LogP contribution in [0.3, 0.4) is 0 Å². The minimum absolute atomic E-state index is 0.0533. The number of carbonyl (C=O) groups is 3. The molecular weight excluding hydrogens is 558 g/mol. The lowest BCUT2D eigenvalue weighted by molar-refractivity contribution is -0.187. The molecule has 1 saturated carbocycles. The fourth-order valence-corrected chi connectivity index (χ4v) is 7.69. The number of hydrogen-bond acceptors (Lipinski definition) is 6. The molecule has 0 radical (unpaired) electrons. The molecule has 1 aliphatic heterocycles. The van der Waals surface area contributed by atoms with Crippen LogP contribution >= 0.6 is 0 Å². The van der Waals surface area contributed by atoms with Crippen LogP contribution in [-0.4, -0.2) is 48.7 Å². The Morgan fingerprint density at radius 3 is 2.05 bits per heavy atom. The molecule has 1 saturated heterocycles. The van der Waals surface area contributed by atoms with Crippen molar-refractivity contribution in [3.8, 4) is 5.75 Å². The second-order valence-electron chi connectivity index (χ2n) is 15.4. The van der Waals surface area contributed by atoms with Crippen LogP contribution in [0.4, 0.5) is 0 Å². The fraction of sp³-hybridized carbons (Fsp3) is 0.629. The summed E-state index contributed by atoms with van der Waals surface area (Å²) in [6.45, 7) is 26.5. The van der Waals surface area contributed by atoms with Crippen molar-refractivity contribution in [2.24, 2.45) is 10.8 Å². The molecule has 0 N–H and O–H groups in total. The van der Waals surface area contributed by atoms with Crippen LogP contribution in [0.1, 0.15) is 111 Å². The zero-order valence-electron chi connectivity index (χ0n) is 28.4. The van der Waals surface area contributed by atoms with Gasteiger partial charge < -0.3 is 18.8 Å². The Morgan fingerprint density at radius 1 is 0.953 bits per heavy atom. The molecule has 4 rings (SSSR count). The van der Waals surface area contributed by atoms with E-state index in [1.54, 1.807) is 6.92 Å². The first-order chi connectivity index (χ1) is 19.6. The summed E-state index contributed by atoms with van der Waals surface area (Å²) in [7, 11) is -2.28. The Hall–Kier alpha value is -2.87. The van der Waals surface area contributed by atoms with Gasteiger partial charge in [-0.15, -0.1) is 0 Å². The first-order valence-corrected chi connectivity index (χ1v) is 18.6. The molecule has 43 heavy (non-hydrogen) atoms. The number of fused-ring (bicyclic) bond motifs is 3. The lowest BCUT2D eigenvalue weighted by Crippen LogP contribution is -2.49. The summed E-state index contributed by atoms with van der Waals surface area (Å²) in [5.74, 6) is -0.393. The maximum Gasteiger partial charge on any atom is 0.351 e. The van der Waals surface area contributed by atoms with Crippen molar-refractivity contribution in [1.82, 2.24) is 4.90 Å². The van der Waals surface area contributed by atoms with E-state index in [9.17, 15) is 14.4 Å². The highest BCUT2D eigenvalue weighted by molar-refractivity contribution is 6.74. The van der Waals surface area contributed by atoms with Gasteiger partial charge in [0.2, 0.25) is 5.60 Å². The number of carbonyl (C=O) groups excluding carboxylic acids is 3. The maximum absolute atomic E-state index is 14.6. The summed E-state index contributed by atoms with van der Waals surface area (Å²) >= 11 is 0. The van der Waals surface area contributed by atoms with Crippen molar-refractivity contribution in [2.75, 3.05) is 0 Å². The Labute approximate surface area is 258 Å². The summed E-state index contributed by atoms with van der Waals surface area (Å²) in [5, 5.41) is 1.55. The van der Waals surface area contributed by atoms with E-state index in [2.05, 4.69) is 33.9 Å². The van der Waals surface area contributed by atoms with Crippen molar-refractivity contribution in [3.63, 3.8) is 0 Å². The van der Waals surface area contributed by atoms with E-state index < -0.39 is 36.8 Å². The molecule has 3 atom stereocenters. The van der Waals surface area contributed by atoms with Crippen LogP contribution < -0.4 is 4.43 Å². The van der Waals surface area contributed by atoms with Crippen LogP contribution in [-0.2, 0) is 19.1 Å². The van der Waals surface area contributed by atoms with Gasteiger partial charge in [-0.1, -0.05) is 58.9 Å². The summed E-state index contributed by atoms with van der Waals surface area (Å²) in [5.41, 5.74) is -1.75. The van der Waals surface area contributed by atoms with E-state index in [-0.39, 0.29) is 29.0 Å². The van der Waals surface area contributed by atoms with Crippen LogP contribution in [0.25, 0.3) is 10.8 Å². The lowest BCUT2D eigenvalue weighted by atomic mass is 9.66. The first-order valence-electron chi connectivity index (χ1n) is 15.6. The van der Waals surface area contributed by atoms with Gasteiger partial charge >= 0.3 is 11.9 Å². The Balaban J connectivity index is 1.88. The lowest BCUT2D eigenvalue weighted by Gasteiger charge is -2.37. The van der Waals surface area contributed by atoms with Crippen LogP contribution in [0.2, 0.25) is 18.1 Å². The summed E-state index contributed by atoms with van der Waals surface area (Å²) in [6.07, 6.45) is 0.193. The van der Waals surface area contributed by atoms with Gasteiger partial charge in [0.25, 0.3) is 14.2 Å². The molecule has 1 aliphatic carbocycles. The first kappa shape index (κ1) is 33.0. The molecule has 8 heteroatoms. The van der Waals surface area contributed by atoms with E-state index in [1.165, 1.54) is 0 Å². The third-order valence-electron chi connectivity index (χ3n) is 10.9. The van der Waals surface area contributed by atoms with Gasteiger partial charge in [-0.05, 0) is 84.0 Å². The molecule has 2 fully saturated rings. The normalized spacial score (nSPS) is 23.9. The molecule has 2 aliphatic rings.